The van der Waals surface area contributed by atoms with Gasteiger partial charge in [-0.3, -0.25) is 9.48 Å². The van der Waals surface area contributed by atoms with Gasteiger partial charge in [0.25, 0.3) is 5.56 Å². The predicted octanol–water partition coefficient (Wildman–Crippen LogP) is 1.37. The molecule has 0 radical (unpaired) electrons. The molecule has 0 spiro atoms. The first-order chi connectivity index (χ1) is 15.8. The van der Waals surface area contributed by atoms with Crippen molar-refractivity contribution in [2.75, 3.05) is 32.8 Å². The molecule has 0 atom stereocenters. The lowest BCUT2D eigenvalue weighted by Gasteiger charge is -2.30. The summed E-state index contributed by atoms with van der Waals surface area (Å²) in [5, 5.41) is 15.1. The van der Waals surface area contributed by atoms with E-state index in [0.717, 1.165) is 11.5 Å². The standard InChI is InChI=1S/C21H28N6O5S/c1-4-6-16-18-19(25(3)24-16)21(28)23-20(22-18)15-13-14(7-8-17(15)32-5-2)33(30,31)27-11-9-26(29)10-12-27/h7-8,13,29H,4-6,9-12H2,1-3H3,(H,22,23,28). The summed E-state index contributed by atoms with van der Waals surface area (Å²) in [7, 11) is -2.11. The summed E-state index contributed by atoms with van der Waals surface area (Å²) in [5.74, 6) is 0.638. The van der Waals surface area contributed by atoms with Crippen molar-refractivity contribution in [1.82, 2.24) is 29.1 Å². The van der Waals surface area contributed by atoms with Gasteiger partial charge in [0.2, 0.25) is 10.0 Å². The summed E-state index contributed by atoms with van der Waals surface area (Å²) in [6, 6.07) is 4.54. The highest BCUT2D eigenvalue weighted by atomic mass is 32.2. The first kappa shape index (κ1) is 23.4. The van der Waals surface area contributed by atoms with Gasteiger partial charge in [0.05, 0.1) is 22.8 Å². The van der Waals surface area contributed by atoms with Crippen LogP contribution in [0.4, 0.5) is 0 Å². The van der Waals surface area contributed by atoms with E-state index >= 15 is 0 Å². The van der Waals surface area contributed by atoms with Gasteiger partial charge in [-0.05, 0) is 31.5 Å². The second-order valence-corrected chi connectivity index (χ2v) is 9.82. The molecule has 12 heteroatoms. The van der Waals surface area contributed by atoms with Crippen LogP contribution in [-0.2, 0) is 23.5 Å². The van der Waals surface area contributed by atoms with Gasteiger partial charge in [0, 0.05) is 33.2 Å². The number of H-pyrrole nitrogens is 1. The van der Waals surface area contributed by atoms with Crippen LogP contribution in [0.5, 0.6) is 5.75 Å². The van der Waals surface area contributed by atoms with Crippen molar-refractivity contribution < 1.29 is 18.4 Å². The molecule has 0 unspecified atom stereocenters. The number of nitrogens with one attached hydrogen (secondary N) is 1. The van der Waals surface area contributed by atoms with Crippen LogP contribution >= 0.6 is 0 Å². The van der Waals surface area contributed by atoms with Gasteiger partial charge < -0.3 is 14.9 Å². The Bertz CT molecular complexity index is 1320. The zero-order valence-corrected chi connectivity index (χ0v) is 19.7. The molecule has 3 aromatic rings. The van der Waals surface area contributed by atoms with Gasteiger partial charge in [-0.1, -0.05) is 13.3 Å². The second-order valence-electron chi connectivity index (χ2n) is 7.88. The molecule has 0 aliphatic carbocycles. The van der Waals surface area contributed by atoms with Crippen molar-refractivity contribution in [2.45, 2.75) is 31.6 Å². The Morgan fingerprint density at radius 3 is 2.58 bits per heavy atom. The Hall–Kier alpha value is -2.80. The number of nitrogens with zero attached hydrogens (tertiary/aromatic N) is 5. The molecule has 2 aromatic heterocycles. The van der Waals surface area contributed by atoms with E-state index in [1.165, 1.54) is 21.1 Å². The Labute approximate surface area is 191 Å². The molecule has 1 aliphatic rings. The molecular weight excluding hydrogens is 448 g/mol. The molecule has 0 amide bonds. The van der Waals surface area contributed by atoms with E-state index in [9.17, 15) is 18.4 Å². The smallest absolute Gasteiger partial charge is 0.277 e. The Morgan fingerprint density at radius 2 is 1.91 bits per heavy atom. The maximum atomic E-state index is 13.2. The Morgan fingerprint density at radius 1 is 1.18 bits per heavy atom. The van der Waals surface area contributed by atoms with E-state index in [1.807, 2.05) is 13.8 Å². The van der Waals surface area contributed by atoms with Crippen molar-refractivity contribution in [3.05, 3.63) is 34.2 Å². The van der Waals surface area contributed by atoms with Gasteiger partial charge in [0.1, 0.15) is 17.1 Å². The van der Waals surface area contributed by atoms with E-state index in [4.69, 9.17) is 4.74 Å². The topological polar surface area (TPSA) is 134 Å². The van der Waals surface area contributed by atoms with Gasteiger partial charge in [-0.25, -0.2) is 13.4 Å². The predicted molar refractivity (Wildman–Crippen MR) is 122 cm³/mol. The van der Waals surface area contributed by atoms with E-state index in [0.29, 0.717) is 41.1 Å². The average Bonchev–Trinajstić information content (AvgIpc) is 3.10. The van der Waals surface area contributed by atoms with E-state index in [-0.39, 0.29) is 42.5 Å². The number of sulfonamides is 1. The summed E-state index contributed by atoms with van der Waals surface area (Å²) in [4.78, 5) is 20.4. The largest absolute Gasteiger partial charge is 0.493 e. The summed E-state index contributed by atoms with van der Waals surface area (Å²) in [6.07, 6.45) is 1.51. The maximum absolute atomic E-state index is 13.2. The third-order valence-electron chi connectivity index (χ3n) is 5.61. The average molecular weight is 477 g/mol. The second kappa shape index (κ2) is 9.21. The van der Waals surface area contributed by atoms with Gasteiger partial charge >= 0.3 is 0 Å². The number of benzene rings is 1. The molecule has 1 fully saturated rings. The van der Waals surface area contributed by atoms with Crippen LogP contribution < -0.4 is 10.3 Å². The summed E-state index contributed by atoms with van der Waals surface area (Å²) in [6.45, 7) is 5.02. The van der Waals surface area contributed by atoms with E-state index in [2.05, 4.69) is 15.1 Å². The van der Waals surface area contributed by atoms with Crippen molar-refractivity contribution in [1.29, 1.82) is 0 Å². The van der Waals surface area contributed by atoms with Crippen LogP contribution in [0, 0.1) is 0 Å². The van der Waals surface area contributed by atoms with Gasteiger partial charge in [-0.2, -0.15) is 14.5 Å². The number of hydrogen-bond acceptors (Lipinski definition) is 8. The van der Waals surface area contributed by atoms with Crippen molar-refractivity contribution >= 4 is 21.1 Å². The van der Waals surface area contributed by atoms with Crippen molar-refractivity contribution in [3.8, 4) is 17.1 Å². The number of aryl methyl sites for hydroxylation is 2. The number of hydrogen-bond donors (Lipinski definition) is 2. The lowest BCUT2D eigenvalue weighted by molar-refractivity contribution is -0.108. The van der Waals surface area contributed by atoms with E-state index in [1.54, 1.807) is 13.1 Å². The lowest BCUT2D eigenvalue weighted by atomic mass is 10.1. The van der Waals surface area contributed by atoms with Crippen molar-refractivity contribution in [2.24, 2.45) is 7.05 Å². The summed E-state index contributed by atoms with van der Waals surface area (Å²) in [5.41, 5.74) is 1.59. The molecular formula is C21H28N6O5S. The molecule has 3 heterocycles. The quantitative estimate of drug-likeness (QED) is 0.522. The number of ether oxygens (including phenoxy) is 1. The van der Waals surface area contributed by atoms with E-state index < -0.39 is 10.0 Å². The fourth-order valence-electron chi connectivity index (χ4n) is 3.98. The van der Waals surface area contributed by atoms with Crippen LogP contribution in [0.3, 0.4) is 0 Å². The van der Waals surface area contributed by atoms with Crippen LogP contribution in [0.1, 0.15) is 26.0 Å². The molecule has 33 heavy (non-hydrogen) atoms. The first-order valence-corrected chi connectivity index (χ1v) is 12.4. The number of aromatic nitrogens is 4. The summed E-state index contributed by atoms with van der Waals surface area (Å²) >= 11 is 0. The molecule has 0 bridgehead atoms. The molecule has 0 saturated carbocycles. The normalized spacial score (nSPS) is 15.9. The van der Waals surface area contributed by atoms with Crippen LogP contribution in [0.25, 0.3) is 22.4 Å². The number of piperazine rings is 1. The Kier molecular flexibility index (Phi) is 6.52. The molecule has 1 aromatic carbocycles. The number of fused-ring (bicyclic) bond motifs is 1. The zero-order chi connectivity index (χ0) is 23.8. The first-order valence-electron chi connectivity index (χ1n) is 10.9. The SMILES string of the molecule is CCCc1nn(C)c2c(=O)[nH]c(-c3cc(S(=O)(=O)N4CCN(O)CC4)ccc3OCC)nc12. The van der Waals surface area contributed by atoms with Crippen LogP contribution in [0.15, 0.2) is 27.9 Å². The van der Waals surface area contributed by atoms with Gasteiger partial charge in [-0.15, -0.1) is 0 Å². The monoisotopic (exact) mass is 476 g/mol. The number of hydroxylamine groups is 2. The third kappa shape index (κ3) is 4.38. The Balaban J connectivity index is 1.85. The highest BCUT2D eigenvalue weighted by Crippen LogP contribution is 2.32. The molecule has 11 nitrogen and oxygen atoms in total. The fourth-order valence-corrected chi connectivity index (χ4v) is 5.43. The summed E-state index contributed by atoms with van der Waals surface area (Å²) < 4.78 is 35.1. The zero-order valence-electron chi connectivity index (χ0n) is 18.9. The maximum Gasteiger partial charge on any atom is 0.277 e. The lowest BCUT2D eigenvalue weighted by Crippen LogP contribution is -2.47. The molecule has 1 aliphatic heterocycles. The highest BCUT2D eigenvalue weighted by Gasteiger charge is 2.29. The minimum atomic E-state index is -3.81. The molecule has 1 saturated heterocycles. The fraction of sp³-hybridized carbons (Fsp3) is 0.476. The minimum Gasteiger partial charge on any atom is -0.493 e. The molecule has 178 valence electrons. The van der Waals surface area contributed by atoms with Crippen molar-refractivity contribution in [3.63, 3.8) is 0 Å². The minimum absolute atomic E-state index is 0.0649. The molecule has 2 N–H and O–H groups in total. The van der Waals surface area contributed by atoms with Crippen LogP contribution in [-0.4, -0.2) is 75.5 Å². The number of aromatic amines is 1. The number of rotatable bonds is 7. The molecule has 4 rings (SSSR count). The van der Waals surface area contributed by atoms with Gasteiger partial charge in [0.15, 0.2) is 5.52 Å². The third-order valence-corrected chi connectivity index (χ3v) is 7.50. The van der Waals surface area contributed by atoms with Crippen LogP contribution in [0.2, 0.25) is 0 Å². The highest BCUT2D eigenvalue weighted by molar-refractivity contribution is 7.89.